The van der Waals surface area contributed by atoms with Crippen LogP contribution in [0.5, 0.6) is 0 Å². The second kappa shape index (κ2) is 7.33. The zero-order valence-electron chi connectivity index (χ0n) is 10.7. The molecule has 0 saturated carbocycles. The molecule has 0 spiro atoms. The van der Waals surface area contributed by atoms with Crippen molar-refractivity contribution in [2.24, 2.45) is 0 Å². The third-order valence-electron chi connectivity index (χ3n) is 2.46. The normalized spacial score (nSPS) is 10.0. The van der Waals surface area contributed by atoms with Crippen molar-refractivity contribution in [3.8, 4) is 0 Å². The van der Waals surface area contributed by atoms with Gasteiger partial charge in [0.25, 0.3) is 5.91 Å². The highest BCUT2D eigenvalue weighted by Gasteiger charge is 2.11. The SMILES string of the molecule is O=C(COC(=O)c1ccncc1)Nc1ccc(Br)cc1Br. The Morgan fingerprint density at radius 3 is 2.52 bits per heavy atom. The first-order chi connectivity index (χ1) is 10.1. The Kier molecular flexibility index (Phi) is 5.46. The first-order valence-electron chi connectivity index (χ1n) is 5.88. The van der Waals surface area contributed by atoms with Crippen molar-refractivity contribution >= 4 is 49.4 Å². The quantitative estimate of drug-likeness (QED) is 0.780. The third kappa shape index (κ3) is 4.64. The molecule has 1 amide bonds. The highest BCUT2D eigenvalue weighted by Crippen LogP contribution is 2.26. The van der Waals surface area contributed by atoms with Crippen LogP contribution in [0.4, 0.5) is 5.69 Å². The minimum absolute atomic E-state index is 0.350. The summed E-state index contributed by atoms with van der Waals surface area (Å²) < 4.78 is 6.54. The van der Waals surface area contributed by atoms with Crippen molar-refractivity contribution in [2.45, 2.75) is 0 Å². The van der Waals surface area contributed by atoms with E-state index in [0.717, 1.165) is 8.95 Å². The molecule has 0 radical (unpaired) electrons. The Morgan fingerprint density at radius 1 is 1.14 bits per heavy atom. The molecular weight excluding hydrogens is 404 g/mol. The lowest BCUT2D eigenvalue weighted by Crippen LogP contribution is -2.21. The first kappa shape index (κ1) is 15.7. The summed E-state index contributed by atoms with van der Waals surface area (Å²) in [4.78, 5) is 27.2. The van der Waals surface area contributed by atoms with Crippen LogP contribution in [-0.4, -0.2) is 23.5 Å². The molecule has 0 bridgehead atoms. The van der Waals surface area contributed by atoms with Crippen LogP contribution >= 0.6 is 31.9 Å². The highest BCUT2D eigenvalue weighted by molar-refractivity contribution is 9.11. The van der Waals surface area contributed by atoms with Gasteiger partial charge in [0.2, 0.25) is 0 Å². The molecule has 2 rings (SSSR count). The van der Waals surface area contributed by atoms with Crippen molar-refractivity contribution in [3.05, 3.63) is 57.2 Å². The second-order valence-electron chi connectivity index (χ2n) is 3.98. The number of benzene rings is 1. The predicted octanol–water partition coefficient (Wildman–Crippen LogP) is 3.40. The summed E-state index contributed by atoms with van der Waals surface area (Å²) in [5.74, 6) is -0.983. The van der Waals surface area contributed by atoms with Crippen molar-refractivity contribution in [1.29, 1.82) is 0 Å². The molecule has 0 atom stereocenters. The van der Waals surface area contributed by atoms with Crippen LogP contribution in [0.15, 0.2) is 51.7 Å². The summed E-state index contributed by atoms with van der Waals surface area (Å²) in [6.45, 7) is -0.357. The standard InChI is InChI=1S/C14H10Br2N2O3/c15-10-1-2-12(11(16)7-10)18-13(19)8-21-14(20)9-3-5-17-6-4-9/h1-7H,8H2,(H,18,19). The number of amides is 1. The summed E-state index contributed by atoms with van der Waals surface area (Å²) in [5.41, 5.74) is 0.950. The number of nitrogens with zero attached hydrogens (tertiary/aromatic N) is 1. The fraction of sp³-hybridized carbons (Fsp3) is 0.0714. The number of rotatable bonds is 4. The molecule has 108 valence electrons. The first-order valence-corrected chi connectivity index (χ1v) is 7.47. The number of halogens is 2. The van der Waals surface area contributed by atoms with Gasteiger partial charge in [0.05, 0.1) is 11.3 Å². The van der Waals surface area contributed by atoms with Gasteiger partial charge in [-0.2, -0.15) is 0 Å². The molecule has 2 aromatic rings. The van der Waals surface area contributed by atoms with Crippen molar-refractivity contribution in [3.63, 3.8) is 0 Å². The smallest absolute Gasteiger partial charge is 0.338 e. The van der Waals surface area contributed by atoms with E-state index in [4.69, 9.17) is 4.74 Å². The fourth-order valence-corrected chi connectivity index (χ4v) is 2.63. The molecule has 0 fully saturated rings. The molecule has 0 unspecified atom stereocenters. The Balaban J connectivity index is 1.89. The molecular formula is C14H10Br2N2O3. The van der Waals surface area contributed by atoms with E-state index in [0.29, 0.717) is 11.3 Å². The maximum atomic E-state index is 11.8. The van der Waals surface area contributed by atoms with Gasteiger partial charge in [-0.15, -0.1) is 0 Å². The van der Waals surface area contributed by atoms with Gasteiger partial charge in [0, 0.05) is 21.3 Å². The zero-order valence-corrected chi connectivity index (χ0v) is 13.8. The van der Waals surface area contributed by atoms with Crippen LogP contribution in [0.2, 0.25) is 0 Å². The summed E-state index contributed by atoms with van der Waals surface area (Å²) >= 11 is 6.65. The van der Waals surface area contributed by atoms with E-state index in [-0.39, 0.29) is 6.61 Å². The molecule has 5 nitrogen and oxygen atoms in total. The average Bonchev–Trinajstić information content (AvgIpc) is 2.48. The van der Waals surface area contributed by atoms with Gasteiger partial charge in [0.1, 0.15) is 0 Å². The number of hydrogen-bond donors (Lipinski definition) is 1. The van der Waals surface area contributed by atoms with Gasteiger partial charge >= 0.3 is 5.97 Å². The van der Waals surface area contributed by atoms with Crippen LogP contribution in [0.3, 0.4) is 0 Å². The summed E-state index contributed by atoms with van der Waals surface area (Å²) in [6.07, 6.45) is 2.96. The summed E-state index contributed by atoms with van der Waals surface area (Å²) in [7, 11) is 0. The molecule has 1 N–H and O–H groups in total. The molecule has 1 aromatic carbocycles. The van der Waals surface area contributed by atoms with Crippen molar-refractivity contribution in [2.75, 3.05) is 11.9 Å². The van der Waals surface area contributed by atoms with Gasteiger partial charge in [-0.25, -0.2) is 4.79 Å². The minimum Gasteiger partial charge on any atom is -0.452 e. The van der Waals surface area contributed by atoms with Crippen LogP contribution in [-0.2, 0) is 9.53 Å². The maximum absolute atomic E-state index is 11.8. The number of anilines is 1. The Bertz CT molecular complexity index is 663. The van der Waals surface area contributed by atoms with E-state index in [1.54, 1.807) is 18.2 Å². The van der Waals surface area contributed by atoms with Gasteiger partial charge in [-0.3, -0.25) is 9.78 Å². The molecule has 0 saturated heterocycles. The predicted molar refractivity (Wildman–Crippen MR) is 85.0 cm³/mol. The number of ether oxygens (including phenoxy) is 1. The van der Waals surface area contributed by atoms with Crippen molar-refractivity contribution in [1.82, 2.24) is 4.98 Å². The largest absolute Gasteiger partial charge is 0.452 e. The number of carbonyl (C=O) groups is 2. The summed E-state index contributed by atoms with van der Waals surface area (Å²) in [5, 5.41) is 2.65. The van der Waals surface area contributed by atoms with Crippen molar-refractivity contribution < 1.29 is 14.3 Å². The Hall–Kier alpha value is -1.73. The lowest BCUT2D eigenvalue weighted by atomic mass is 10.3. The van der Waals surface area contributed by atoms with E-state index in [1.807, 2.05) is 0 Å². The topological polar surface area (TPSA) is 68.3 Å². The van der Waals surface area contributed by atoms with Crippen LogP contribution < -0.4 is 5.32 Å². The van der Waals surface area contributed by atoms with Crippen LogP contribution in [0.25, 0.3) is 0 Å². The Morgan fingerprint density at radius 2 is 1.86 bits per heavy atom. The average molecular weight is 414 g/mol. The molecule has 0 aliphatic heterocycles. The van der Waals surface area contributed by atoms with E-state index in [1.165, 1.54) is 24.5 Å². The number of nitrogens with one attached hydrogen (secondary N) is 1. The van der Waals surface area contributed by atoms with Crippen LogP contribution in [0, 0.1) is 0 Å². The van der Waals surface area contributed by atoms with Crippen LogP contribution in [0.1, 0.15) is 10.4 Å². The minimum atomic E-state index is -0.567. The molecule has 7 heteroatoms. The van der Waals surface area contributed by atoms with E-state index in [9.17, 15) is 9.59 Å². The molecule has 0 aliphatic rings. The van der Waals surface area contributed by atoms with Gasteiger partial charge in [-0.05, 0) is 46.3 Å². The number of pyridine rings is 1. The molecule has 1 aromatic heterocycles. The lowest BCUT2D eigenvalue weighted by Gasteiger charge is -2.08. The van der Waals surface area contributed by atoms with E-state index < -0.39 is 11.9 Å². The molecule has 1 heterocycles. The Labute approximate surface area is 138 Å². The van der Waals surface area contributed by atoms with E-state index in [2.05, 4.69) is 42.2 Å². The third-order valence-corrected chi connectivity index (χ3v) is 3.60. The summed E-state index contributed by atoms with van der Waals surface area (Å²) in [6, 6.07) is 8.37. The monoisotopic (exact) mass is 412 g/mol. The maximum Gasteiger partial charge on any atom is 0.338 e. The van der Waals surface area contributed by atoms with E-state index >= 15 is 0 Å². The number of carbonyl (C=O) groups excluding carboxylic acids is 2. The van der Waals surface area contributed by atoms with Gasteiger partial charge in [0.15, 0.2) is 6.61 Å². The second-order valence-corrected chi connectivity index (χ2v) is 5.75. The molecule has 21 heavy (non-hydrogen) atoms. The zero-order chi connectivity index (χ0) is 15.2. The lowest BCUT2D eigenvalue weighted by molar-refractivity contribution is -0.119. The highest BCUT2D eigenvalue weighted by atomic mass is 79.9. The number of aromatic nitrogens is 1. The van der Waals surface area contributed by atoms with Gasteiger partial charge in [-0.1, -0.05) is 15.9 Å². The molecule has 0 aliphatic carbocycles. The fourth-order valence-electron chi connectivity index (χ4n) is 1.48. The number of esters is 1. The number of hydrogen-bond acceptors (Lipinski definition) is 4. The van der Waals surface area contributed by atoms with Gasteiger partial charge < -0.3 is 10.1 Å².